The number of terminal acetylenes is 1. The summed E-state index contributed by atoms with van der Waals surface area (Å²) >= 11 is 6.95. The van der Waals surface area contributed by atoms with Crippen LogP contribution in [0.1, 0.15) is 19.4 Å². The van der Waals surface area contributed by atoms with Crippen molar-refractivity contribution in [2.75, 3.05) is 13.1 Å². The molecule has 1 unspecified atom stereocenters. The Kier molecular flexibility index (Phi) is 7.79. The van der Waals surface area contributed by atoms with Crippen molar-refractivity contribution in [3.05, 3.63) is 26.6 Å². The van der Waals surface area contributed by atoms with E-state index in [1.54, 1.807) is 6.92 Å². The van der Waals surface area contributed by atoms with Crippen LogP contribution in [0.5, 0.6) is 5.75 Å². The molecule has 1 aromatic carbocycles. The van der Waals surface area contributed by atoms with Gasteiger partial charge in [-0.1, -0.05) is 12.8 Å². The highest BCUT2D eigenvalue weighted by molar-refractivity contribution is 9.11. The van der Waals surface area contributed by atoms with E-state index in [2.05, 4.69) is 55.3 Å². The van der Waals surface area contributed by atoms with E-state index in [9.17, 15) is 4.79 Å². The Morgan fingerprint density at radius 2 is 2.05 bits per heavy atom. The number of halogens is 2. The number of carbonyl (C=O) groups is 1. The van der Waals surface area contributed by atoms with Crippen molar-refractivity contribution in [1.29, 1.82) is 0 Å². The highest BCUT2D eigenvalue weighted by atomic mass is 79.9. The van der Waals surface area contributed by atoms with Crippen molar-refractivity contribution in [3.8, 4) is 18.1 Å². The lowest BCUT2D eigenvalue weighted by Crippen LogP contribution is -2.36. The summed E-state index contributed by atoms with van der Waals surface area (Å²) in [6.45, 7) is 5.60. The molecule has 0 aliphatic heterocycles. The third kappa shape index (κ3) is 5.70. The van der Waals surface area contributed by atoms with Crippen LogP contribution in [0, 0.1) is 12.3 Å². The Labute approximate surface area is 142 Å². The Hall–Kier alpha value is -1.03. The number of rotatable bonds is 7. The van der Waals surface area contributed by atoms with Gasteiger partial charge in [-0.3, -0.25) is 4.79 Å². The summed E-state index contributed by atoms with van der Waals surface area (Å²) in [7, 11) is 0. The molecular formula is C15H18Br2N2O2. The van der Waals surface area contributed by atoms with E-state index in [0.717, 1.165) is 27.6 Å². The first-order valence-corrected chi connectivity index (χ1v) is 8.14. The summed E-state index contributed by atoms with van der Waals surface area (Å²) in [5, 5.41) is 5.85. The Bertz CT molecular complexity index is 518. The van der Waals surface area contributed by atoms with Gasteiger partial charge < -0.3 is 15.4 Å². The monoisotopic (exact) mass is 416 g/mol. The van der Waals surface area contributed by atoms with Gasteiger partial charge in [0.1, 0.15) is 5.75 Å². The summed E-state index contributed by atoms with van der Waals surface area (Å²) in [6, 6.07) is 3.93. The van der Waals surface area contributed by atoms with Crippen LogP contribution in [-0.2, 0) is 11.3 Å². The van der Waals surface area contributed by atoms with Crippen molar-refractivity contribution in [1.82, 2.24) is 10.6 Å². The molecule has 0 spiro atoms. The zero-order chi connectivity index (χ0) is 15.8. The van der Waals surface area contributed by atoms with Gasteiger partial charge in [-0.25, -0.2) is 0 Å². The van der Waals surface area contributed by atoms with Crippen LogP contribution in [-0.4, -0.2) is 25.1 Å². The largest absolute Gasteiger partial charge is 0.479 e. The number of nitrogens with one attached hydrogen (secondary N) is 2. The molecule has 0 radical (unpaired) electrons. The van der Waals surface area contributed by atoms with E-state index >= 15 is 0 Å². The van der Waals surface area contributed by atoms with Crippen molar-refractivity contribution in [2.24, 2.45) is 0 Å². The van der Waals surface area contributed by atoms with E-state index < -0.39 is 6.10 Å². The molecule has 2 N–H and O–H groups in total. The number of ether oxygens (including phenoxy) is 1. The van der Waals surface area contributed by atoms with Gasteiger partial charge in [-0.15, -0.1) is 6.42 Å². The smallest absolute Gasteiger partial charge is 0.261 e. The van der Waals surface area contributed by atoms with Crippen molar-refractivity contribution >= 4 is 37.8 Å². The van der Waals surface area contributed by atoms with E-state index in [4.69, 9.17) is 11.2 Å². The molecule has 0 aliphatic rings. The van der Waals surface area contributed by atoms with E-state index in [1.165, 1.54) is 0 Å². The van der Waals surface area contributed by atoms with Gasteiger partial charge in [-0.2, -0.15) is 0 Å². The molecule has 21 heavy (non-hydrogen) atoms. The minimum atomic E-state index is -0.634. The van der Waals surface area contributed by atoms with Gasteiger partial charge in [0.05, 0.1) is 15.5 Å². The molecule has 0 saturated heterocycles. The summed E-state index contributed by atoms with van der Waals surface area (Å²) in [5.41, 5.74) is 1.12. The van der Waals surface area contributed by atoms with Crippen LogP contribution in [0.15, 0.2) is 21.1 Å². The van der Waals surface area contributed by atoms with Gasteiger partial charge in [0.25, 0.3) is 5.91 Å². The maximum Gasteiger partial charge on any atom is 0.261 e. The third-order valence-corrected chi connectivity index (χ3v) is 3.84. The first kappa shape index (κ1) is 18.0. The summed E-state index contributed by atoms with van der Waals surface area (Å²) in [6.07, 6.45) is 4.47. The first-order chi connectivity index (χ1) is 9.99. The number of benzene rings is 1. The van der Waals surface area contributed by atoms with Crippen LogP contribution in [0.25, 0.3) is 0 Å². The lowest BCUT2D eigenvalue weighted by molar-refractivity contribution is -0.127. The SMILES string of the molecule is C#CCNC(=O)C(C)Oc1c(Br)cc(CNCC)cc1Br. The first-order valence-electron chi connectivity index (χ1n) is 6.56. The van der Waals surface area contributed by atoms with Crippen molar-refractivity contribution in [3.63, 3.8) is 0 Å². The van der Waals surface area contributed by atoms with Gasteiger partial charge in [0.15, 0.2) is 6.10 Å². The maximum atomic E-state index is 11.8. The van der Waals surface area contributed by atoms with Gasteiger partial charge in [-0.05, 0) is 63.0 Å². The Morgan fingerprint density at radius 3 is 2.57 bits per heavy atom. The van der Waals surface area contributed by atoms with Crippen molar-refractivity contribution in [2.45, 2.75) is 26.5 Å². The molecule has 1 amide bonds. The molecule has 1 rings (SSSR count). The molecule has 0 fully saturated rings. The van der Waals surface area contributed by atoms with Gasteiger partial charge >= 0.3 is 0 Å². The average molecular weight is 418 g/mol. The molecule has 0 saturated carbocycles. The molecule has 6 heteroatoms. The number of hydrogen-bond donors (Lipinski definition) is 2. The maximum absolute atomic E-state index is 11.8. The van der Waals surface area contributed by atoms with Crippen molar-refractivity contribution < 1.29 is 9.53 Å². The Morgan fingerprint density at radius 1 is 1.43 bits per heavy atom. The lowest BCUT2D eigenvalue weighted by atomic mass is 10.2. The standard InChI is InChI=1S/C15H18Br2N2O2/c1-4-6-19-15(20)10(3)21-14-12(16)7-11(8-13(14)17)9-18-5-2/h1,7-8,10,18H,5-6,9H2,2-3H3,(H,19,20). The highest BCUT2D eigenvalue weighted by Gasteiger charge is 2.17. The quantitative estimate of drug-likeness (QED) is 0.670. The highest BCUT2D eigenvalue weighted by Crippen LogP contribution is 2.35. The molecular weight excluding hydrogens is 400 g/mol. The van der Waals surface area contributed by atoms with Crippen LogP contribution >= 0.6 is 31.9 Å². The van der Waals surface area contributed by atoms with Gasteiger partial charge in [0.2, 0.25) is 0 Å². The predicted molar refractivity (Wildman–Crippen MR) is 91.2 cm³/mol. The Balaban J connectivity index is 2.79. The van der Waals surface area contributed by atoms with E-state index in [-0.39, 0.29) is 12.5 Å². The molecule has 114 valence electrons. The van der Waals surface area contributed by atoms with Crippen LogP contribution in [0.2, 0.25) is 0 Å². The summed E-state index contributed by atoms with van der Waals surface area (Å²) in [4.78, 5) is 11.8. The number of hydrogen-bond acceptors (Lipinski definition) is 3. The summed E-state index contributed by atoms with van der Waals surface area (Å²) < 4.78 is 7.29. The molecule has 1 aromatic rings. The topological polar surface area (TPSA) is 50.4 Å². The zero-order valence-corrected chi connectivity index (χ0v) is 15.2. The van der Waals surface area contributed by atoms with Crippen LogP contribution < -0.4 is 15.4 Å². The average Bonchev–Trinajstić information content (AvgIpc) is 2.45. The number of amides is 1. The second-order valence-corrected chi connectivity index (χ2v) is 6.06. The second kappa shape index (κ2) is 9.08. The molecule has 0 aliphatic carbocycles. The van der Waals surface area contributed by atoms with E-state index in [0.29, 0.717) is 5.75 Å². The minimum absolute atomic E-state index is 0.191. The number of carbonyl (C=O) groups excluding carboxylic acids is 1. The normalized spacial score (nSPS) is 11.6. The molecule has 0 bridgehead atoms. The van der Waals surface area contributed by atoms with Crippen LogP contribution in [0.4, 0.5) is 0 Å². The fourth-order valence-corrected chi connectivity index (χ4v) is 3.08. The lowest BCUT2D eigenvalue weighted by Gasteiger charge is -2.17. The third-order valence-electron chi connectivity index (χ3n) is 2.67. The van der Waals surface area contributed by atoms with E-state index in [1.807, 2.05) is 12.1 Å². The molecule has 0 heterocycles. The molecule has 0 aromatic heterocycles. The fourth-order valence-electron chi connectivity index (χ4n) is 1.61. The fraction of sp³-hybridized carbons (Fsp3) is 0.400. The minimum Gasteiger partial charge on any atom is -0.479 e. The zero-order valence-electron chi connectivity index (χ0n) is 12.0. The van der Waals surface area contributed by atoms with Gasteiger partial charge in [0, 0.05) is 6.54 Å². The van der Waals surface area contributed by atoms with Crippen LogP contribution in [0.3, 0.4) is 0 Å². The summed E-state index contributed by atoms with van der Waals surface area (Å²) in [5.74, 6) is 2.70. The predicted octanol–water partition coefficient (Wildman–Crippen LogP) is 2.84. The second-order valence-electron chi connectivity index (χ2n) is 4.35. The molecule has 1 atom stereocenters. The molecule has 4 nitrogen and oxygen atoms in total.